The van der Waals surface area contributed by atoms with Crippen LogP contribution in [0.5, 0.6) is 5.75 Å². The molecule has 18 heavy (non-hydrogen) atoms. The third-order valence-electron chi connectivity index (χ3n) is 3.27. The van der Waals surface area contributed by atoms with Crippen molar-refractivity contribution in [3.63, 3.8) is 0 Å². The number of ether oxygens (including phenoxy) is 1. The van der Waals surface area contributed by atoms with Gasteiger partial charge in [-0.25, -0.2) is 4.39 Å². The number of hydrogen-bond acceptors (Lipinski definition) is 3. The van der Waals surface area contributed by atoms with Gasteiger partial charge in [-0.05, 0) is 43.0 Å². The second kappa shape index (κ2) is 6.16. The van der Waals surface area contributed by atoms with Crippen molar-refractivity contribution in [3.8, 4) is 5.75 Å². The van der Waals surface area contributed by atoms with Gasteiger partial charge in [0.05, 0.1) is 0 Å². The standard InChI is InChI=1S/C14H20FNO2/c1-10-6-12(7-10)16-8-13(17)9-18-14-4-2-11(15)3-5-14/h2-5,10,12-13,16-17H,6-9H2,1H3. The van der Waals surface area contributed by atoms with Crippen LogP contribution >= 0.6 is 0 Å². The summed E-state index contributed by atoms with van der Waals surface area (Å²) in [6.45, 7) is 2.99. The quantitative estimate of drug-likeness (QED) is 0.814. The molecule has 1 aliphatic carbocycles. The summed E-state index contributed by atoms with van der Waals surface area (Å²) in [5.41, 5.74) is 0. The summed E-state index contributed by atoms with van der Waals surface area (Å²) in [7, 11) is 0. The minimum atomic E-state index is -0.536. The number of rotatable bonds is 6. The molecule has 1 saturated carbocycles. The van der Waals surface area contributed by atoms with Crippen molar-refractivity contribution in [3.05, 3.63) is 30.1 Å². The van der Waals surface area contributed by atoms with Crippen molar-refractivity contribution in [2.75, 3.05) is 13.2 Å². The van der Waals surface area contributed by atoms with E-state index >= 15 is 0 Å². The number of halogens is 1. The van der Waals surface area contributed by atoms with Crippen LogP contribution in [-0.4, -0.2) is 30.4 Å². The number of aliphatic hydroxyl groups is 1. The molecular formula is C14H20FNO2. The lowest BCUT2D eigenvalue weighted by atomic mass is 9.82. The van der Waals surface area contributed by atoms with Gasteiger partial charge in [0.1, 0.15) is 24.3 Å². The van der Waals surface area contributed by atoms with Crippen molar-refractivity contribution >= 4 is 0 Å². The highest BCUT2D eigenvalue weighted by molar-refractivity contribution is 5.22. The van der Waals surface area contributed by atoms with Crippen molar-refractivity contribution in [1.29, 1.82) is 0 Å². The predicted molar refractivity (Wildman–Crippen MR) is 68.1 cm³/mol. The van der Waals surface area contributed by atoms with Crippen LogP contribution in [-0.2, 0) is 0 Å². The molecule has 1 aliphatic rings. The highest BCUT2D eigenvalue weighted by atomic mass is 19.1. The first-order chi connectivity index (χ1) is 8.63. The molecule has 1 fully saturated rings. The zero-order chi connectivity index (χ0) is 13.0. The highest BCUT2D eigenvalue weighted by Crippen LogP contribution is 2.26. The summed E-state index contributed by atoms with van der Waals surface area (Å²) < 4.78 is 18.0. The lowest BCUT2D eigenvalue weighted by Crippen LogP contribution is -2.44. The van der Waals surface area contributed by atoms with Gasteiger partial charge in [0.25, 0.3) is 0 Å². The Morgan fingerprint density at radius 2 is 2.06 bits per heavy atom. The van der Waals surface area contributed by atoms with E-state index in [4.69, 9.17) is 4.74 Å². The smallest absolute Gasteiger partial charge is 0.123 e. The molecule has 0 spiro atoms. The number of aliphatic hydroxyl groups excluding tert-OH is 1. The molecule has 100 valence electrons. The second-order valence-electron chi connectivity index (χ2n) is 5.10. The minimum absolute atomic E-state index is 0.223. The Kier molecular flexibility index (Phi) is 4.55. The van der Waals surface area contributed by atoms with Gasteiger partial charge >= 0.3 is 0 Å². The van der Waals surface area contributed by atoms with Crippen LogP contribution in [0, 0.1) is 11.7 Å². The van der Waals surface area contributed by atoms with E-state index in [-0.39, 0.29) is 12.4 Å². The molecule has 0 bridgehead atoms. The van der Waals surface area contributed by atoms with Crippen LogP contribution in [0.15, 0.2) is 24.3 Å². The van der Waals surface area contributed by atoms with Gasteiger partial charge in [0.2, 0.25) is 0 Å². The zero-order valence-electron chi connectivity index (χ0n) is 10.6. The SMILES string of the molecule is CC1CC(NCC(O)COc2ccc(F)cc2)C1. The largest absolute Gasteiger partial charge is 0.491 e. The van der Waals surface area contributed by atoms with E-state index in [0.717, 1.165) is 5.92 Å². The Morgan fingerprint density at radius 1 is 1.39 bits per heavy atom. The van der Waals surface area contributed by atoms with Crippen LogP contribution < -0.4 is 10.1 Å². The summed E-state index contributed by atoms with van der Waals surface area (Å²) >= 11 is 0. The van der Waals surface area contributed by atoms with Crippen LogP contribution in [0.2, 0.25) is 0 Å². The van der Waals surface area contributed by atoms with E-state index in [1.54, 1.807) is 12.1 Å². The molecule has 2 rings (SSSR count). The molecule has 0 aliphatic heterocycles. The van der Waals surface area contributed by atoms with E-state index in [9.17, 15) is 9.50 Å². The molecule has 4 heteroatoms. The highest BCUT2D eigenvalue weighted by Gasteiger charge is 2.25. The Hall–Kier alpha value is -1.13. The van der Waals surface area contributed by atoms with E-state index in [1.807, 2.05) is 0 Å². The molecule has 2 N–H and O–H groups in total. The molecule has 0 saturated heterocycles. The topological polar surface area (TPSA) is 41.5 Å². The maximum atomic E-state index is 12.7. The van der Waals surface area contributed by atoms with E-state index in [2.05, 4.69) is 12.2 Å². The number of nitrogens with one attached hydrogen (secondary N) is 1. The third-order valence-corrected chi connectivity index (χ3v) is 3.27. The molecule has 1 aromatic carbocycles. The van der Waals surface area contributed by atoms with Crippen LogP contribution in [0.3, 0.4) is 0 Å². The van der Waals surface area contributed by atoms with Crippen LogP contribution in [0.4, 0.5) is 4.39 Å². The minimum Gasteiger partial charge on any atom is -0.491 e. The van der Waals surface area contributed by atoms with Crippen molar-refractivity contribution in [2.45, 2.75) is 31.9 Å². The lowest BCUT2D eigenvalue weighted by molar-refractivity contribution is 0.0955. The Labute approximate surface area is 107 Å². The average molecular weight is 253 g/mol. The first kappa shape index (κ1) is 13.3. The summed E-state index contributed by atoms with van der Waals surface area (Å²) in [6, 6.07) is 6.35. The third kappa shape index (κ3) is 3.96. The van der Waals surface area contributed by atoms with Gasteiger partial charge in [-0.15, -0.1) is 0 Å². The molecule has 1 unspecified atom stereocenters. The predicted octanol–water partition coefficient (Wildman–Crippen LogP) is 1.95. The summed E-state index contributed by atoms with van der Waals surface area (Å²) in [5.74, 6) is 1.09. The van der Waals surface area contributed by atoms with Gasteiger partial charge in [-0.1, -0.05) is 6.92 Å². The molecule has 0 heterocycles. The Bertz CT molecular complexity index is 363. The zero-order valence-corrected chi connectivity index (χ0v) is 10.6. The summed E-state index contributed by atoms with van der Waals surface area (Å²) in [5, 5.41) is 13.0. The van der Waals surface area contributed by atoms with Crippen molar-refractivity contribution < 1.29 is 14.2 Å². The first-order valence-corrected chi connectivity index (χ1v) is 6.43. The van der Waals surface area contributed by atoms with Crippen molar-refractivity contribution in [2.24, 2.45) is 5.92 Å². The van der Waals surface area contributed by atoms with Crippen LogP contribution in [0.25, 0.3) is 0 Å². The lowest BCUT2D eigenvalue weighted by Gasteiger charge is -2.34. The first-order valence-electron chi connectivity index (χ1n) is 6.43. The Balaban J connectivity index is 1.62. The fourth-order valence-electron chi connectivity index (χ4n) is 2.15. The molecule has 0 aromatic heterocycles. The van der Waals surface area contributed by atoms with E-state index < -0.39 is 6.10 Å². The number of benzene rings is 1. The maximum Gasteiger partial charge on any atom is 0.123 e. The van der Waals surface area contributed by atoms with Crippen molar-refractivity contribution in [1.82, 2.24) is 5.32 Å². The summed E-state index contributed by atoms with van der Waals surface area (Å²) in [4.78, 5) is 0. The average Bonchev–Trinajstić information content (AvgIpc) is 2.32. The number of hydrogen-bond donors (Lipinski definition) is 2. The fraction of sp³-hybridized carbons (Fsp3) is 0.571. The Morgan fingerprint density at radius 3 is 2.67 bits per heavy atom. The van der Waals surface area contributed by atoms with Gasteiger partial charge in [0, 0.05) is 12.6 Å². The molecule has 3 nitrogen and oxygen atoms in total. The maximum absolute atomic E-state index is 12.7. The normalized spacial score (nSPS) is 24.4. The van der Waals surface area contributed by atoms with Gasteiger partial charge in [-0.2, -0.15) is 0 Å². The molecular weight excluding hydrogens is 233 g/mol. The second-order valence-corrected chi connectivity index (χ2v) is 5.10. The van der Waals surface area contributed by atoms with Gasteiger partial charge in [-0.3, -0.25) is 0 Å². The molecule has 1 atom stereocenters. The van der Waals surface area contributed by atoms with Gasteiger partial charge in [0.15, 0.2) is 0 Å². The molecule has 1 aromatic rings. The van der Waals surface area contributed by atoms with E-state index in [1.165, 1.54) is 25.0 Å². The van der Waals surface area contributed by atoms with Crippen LogP contribution in [0.1, 0.15) is 19.8 Å². The van der Waals surface area contributed by atoms with Gasteiger partial charge < -0.3 is 15.2 Å². The fourth-order valence-corrected chi connectivity index (χ4v) is 2.15. The molecule has 0 amide bonds. The monoisotopic (exact) mass is 253 g/mol. The summed E-state index contributed by atoms with van der Waals surface area (Å²) in [6.07, 6.45) is 1.84. The molecule has 0 radical (unpaired) electrons. The van der Waals surface area contributed by atoms with E-state index in [0.29, 0.717) is 18.3 Å².